The molecule has 0 radical (unpaired) electrons. The van der Waals surface area contributed by atoms with Crippen LogP contribution in [0.25, 0.3) is 11.8 Å². The summed E-state index contributed by atoms with van der Waals surface area (Å²) in [5.74, 6) is 2.01. The molecule has 2 bridgehead atoms. The molecule has 3 aliphatic rings. The second-order valence-corrected chi connectivity index (χ2v) is 10.2. The number of hydrogen-bond donors (Lipinski definition) is 1. The second-order valence-electron chi connectivity index (χ2n) is 7.86. The van der Waals surface area contributed by atoms with Crippen LogP contribution in [0.15, 0.2) is 52.3 Å². The molecule has 5 nitrogen and oxygen atoms in total. The molecule has 1 N–H and O–H groups in total. The van der Waals surface area contributed by atoms with Crippen molar-refractivity contribution in [3.8, 4) is 5.75 Å². The van der Waals surface area contributed by atoms with Crippen molar-refractivity contribution in [1.82, 2.24) is 0 Å². The average Bonchev–Trinajstić information content (AvgIpc) is 3.27. The zero-order valence-electron chi connectivity index (χ0n) is 16.1. The number of ether oxygens (including phenoxy) is 1. The Morgan fingerprint density at radius 1 is 1.10 bits per heavy atom. The molecule has 4 atom stereocenters. The number of hydrogen-bond acceptors (Lipinski definition) is 5. The van der Waals surface area contributed by atoms with Crippen LogP contribution in [-0.2, 0) is 13.6 Å². The molecule has 0 saturated heterocycles. The van der Waals surface area contributed by atoms with Crippen molar-refractivity contribution >= 4 is 31.4 Å². The topological polar surface area (TPSA) is 65.0 Å². The predicted molar refractivity (Wildman–Crippen MR) is 113 cm³/mol. The lowest BCUT2D eigenvalue weighted by molar-refractivity contribution is 0.0915. The highest BCUT2D eigenvalue weighted by atomic mass is 32.2. The number of fused-ring (bicyclic) bond motifs is 4. The van der Waals surface area contributed by atoms with Crippen LogP contribution in [-0.4, -0.2) is 18.1 Å². The van der Waals surface area contributed by atoms with Crippen molar-refractivity contribution in [2.75, 3.05) is 7.11 Å². The van der Waals surface area contributed by atoms with Crippen molar-refractivity contribution in [2.24, 2.45) is 11.8 Å². The highest BCUT2D eigenvalue weighted by molar-refractivity contribution is 7.99. The fourth-order valence-corrected chi connectivity index (χ4v) is 6.89. The van der Waals surface area contributed by atoms with Crippen molar-refractivity contribution < 1.29 is 23.2 Å². The first-order valence-electron chi connectivity index (χ1n) is 9.89. The van der Waals surface area contributed by atoms with Gasteiger partial charge in [0.25, 0.3) is 0 Å². The fraction of sp³-hybridized carbons (Fsp3) is 0.364. The van der Waals surface area contributed by atoms with E-state index in [0.29, 0.717) is 23.3 Å². The minimum absolute atomic E-state index is 0.192. The van der Waals surface area contributed by atoms with Crippen LogP contribution in [0.4, 0.5) is 0 Å². The Morgan fingerprint density at radius 2 is 1.97 bits per heavy atom. The molecule has 1 aliphatic heterocycles. The summed E-state index contributed by atoms with van der Waals surface area (Å²) in [5.41, 5.74) is 1.64. The molecule has 2 saturated carbocycles. The molecule has 7 heteroatoms. The van der Waals surface area contributed by atoms with Gasteiger partial charge in [-0.3, -0.25) is 9.42 Å². The minimum Gasteiger partial charge on any atom is -0.496 e. The molecule has 0 aromatic heterocycles. The maximum absolute atomic E-state index is 12.9. The fourth-order valence-electron chi connectivity index (χ4n) is 4.71. The van der Waals surface area contributed by atoms with Crippen molar-refractivity contribution in [3.05, 3.63) is 53.6 Å². The maximum atomic E-state index is 12.9. The zero-order chi connectivity index (χ0) is 20.0. The van der Waals surface area contributed by atoms with E-state index >= 15 is 0 Å². The maximum Gasteiger partial charge on any atom is 0.527 e. The van der Waals surface area contributed by atoms with Gasteiger partial charge in [-0.2, -0.15) is 0 Å². The Morgan fingerprint density at radius 3 is 2.72 bits per heavy atom. The SMILES string of the molecule is COc1cccc2c1Sc1ccccc1C=C2OP(=O)(O)O[C@H]1C[C@@H]2CC[C@H]1C2. The number of benzene rings is 2. The summed E-state index contributed by atoms with van der Waals surface area (Å²) in [5, 5.41) is 0. The molecule has 2 fully saturated rings. The molecule has 2 aromatic rings. The highest BCUT2D eigenvalue weighted by Gasteiger charge is 2.44. The number of methoxy groups -OCH3 is 1. The zero-order valence-corrected chi connectivity index (χ0v) is 17.8. The van der Waals surface area contributed by atoms with Gasteiger partial charge in [0.2, 0.25) is 0 Å². The van der Waals surface area contributed by atoms with Crippen molar-refractivity contribution in [2.45, 2.75) is 41.6 Å². The Bertz CT molecular complexity index is 1020. The van der Waals surface area contributed by atoms with Crippen LogP contribution in [0, 0.1) is 11.8 Å². The number of rotatable bonds is 5. The van der Waals surface area contributed by atoms with E-state index in [-0.39, 0.29) is 6.10 Å². The van der Waals surface area contributed by atoms with E-state index < -0.39 is 7.82 Å². The van der Waals surface area contributed by atoms with Gasteiger partial charge in [-0.1, -0.05) is 36.0 Å². The molecule has 2 aliphatic carbocycles. The van der Waals surface area contributed by atoms with E-state index in [4.69, 9.17) is 13.8 Å². The second kappa shape index (κ2) is 7.51. The lowest BCUT2D eigenvalue weighted by Crippen LogP contribution is -2.19. The normalized spacial score (nSPS) is 26.7. The molecule has 1 unspecified atom stereocenters. The summed E-state index contributed by atoms with van der Waals surface area (Å²) < 4.78 is 29.8. The first-order chi connectivity index (χ1) is 14.0. The van der Waals surface area contributed by atoms with Crippen molar-refractivity contribution in [1.29, 1.82) is 0 Å². The summed E-state index contributed by atoms with van der Waals surface area (Å²) in [6.07, 6.45) is 5.83. The predicted octanol–water partition coefficient (Wildman–Crippen LogP) is 5.98. The first kappa shape index (κ1) is 19.3. The lowest BCUT2D eigenvalue weighted by atomic mass is 9.98. The average molecular weight is 430 g/mol. The van der Waals surface area contributed by atoms with E-state index in [1.807, 2.05) is 42.5 Å². The van der Waals surface area contributed by atoms with Crippen LogP contribution in [0.3, 0.4) is 0 Å². The van der Waals surface area contributed by atoms with Crippen LogP contribution in [0.1, 0.15) is 36.8 Å². The van der Waals surface area contributed by atoms with Crippen LogP contribution < -0.4 is 4.74 Å². The number of phosphoric acid groups is 1. The third-order valence-corrected chi connectivity index (χ3v) is 8.22. The number of phosphoric ester groups is 1. The third kappa shape index (κ3) is 3.75. The molecule has 2 aromatic carbocycles. The van der Waals surface area contributed by atoms with Crippen LogP contribution in [0.2, 0.25) is 0 Å². The van der Waals surface area contributed by atoms with Gasteiger partial charge in [0.1, 0.15) is 11.5 Å². The molecule has 1 heterocycles. The Hall–Kier alpha value is -1.72. The van der Waals surface area contributed by atoms with E-state index in [2.05, 4.69) is 0 Å². The van der Waals surface area contributed by atoms with Gasteiger partial charge in [-0.15, -0.1) is 0 Å². The summed E-state index contributed by atoms with van der Waals surface area (Å²) in [6.45, 7) is 0. The molecular weight excluding hydrogens is 407 g/mol. The summed E-state index contributed by atoms with van der Waals surface area (Å²) in [4.78, 5) is 12.5. The van der Waals surface area contributed by atoms with Gasteiger partial charge in [0.05, 0.1) is 18.1 Å². The third-order valence-electron chi connectivity index (χ3n) is 6.04. The Kier molecular flexibility index (Phi) is 4.99. The summed E-state index contributed by atoms with van der Waals surface area (Å²) >= 11 is 1.56. The van der Waals surface area contributed by atoms with Gasteiger partial charge in [0, 0.05) is 10.5 Å². The van der Waals surface area contributed by atoms with Gasteiger partial charge < -0.3 is 9.26 Å². The largest absolute Gasteiger partial charge is 0.527 e. The van der Waals surface area contributed by atoms with E-state index in [9.17, 15) is 9.46 Å². The van der Waals surface area contributed by atoms with Crippen LogP contribution in [0.5, 0.6) is 5.75 Å². The summed E-state index contributed by atoms with van der Waals surface area (Å²) in [7, 11) is -2.65. The van der Waals surface area contributed by atoms with E-state index in [1.165, 1.54) is 6.42 Å². The molecule has 29 heavy (non-hydrogen) atoms. The standard InChI is InChI=1S/C22H23O5PS/c1-25-18-7-4-6-17-20(13-16-5-2-3-8-21(16)29-22(17)18)27-28(23,24)26-19-12-14-9-10-15(19)11-14/h2-8,13-15,19H,9-12H2,1H3,(H,23,24)/t14-,15+,19+/m1/s1. The molecule has 152 valence electrons. The van der Waals surface area contributed by atoms with Crippen molar-refractivity contribution in [3.63, 3.8) is 0 Å². The van der Waals surface area contributed by atoms with Crippen LogP contribution >= 0.6 is 19.6 Å². The molecule has 0 spiro atoms. The van der Waals surface area contributed by atoms with Gasteiger partial charge in [0.15, 0.2) is 0 Å². The molecule has 5 rings (SSSR count). The Balaban J connectivity index is 1.49. The van der Waals surface area contributed by atoms with E-state index in [0.717, 1.165) is 40.2 Å². The summed E-state index contributed by atoms with van der Waals surface area (Å²) in [6, 6.07) is 13.5. The van der Waals surface area contributed by atoms with E-state index in [1.54, 1.807) is 24.9 Å². The minimum atomic E-state index is -4.27. The lowest BCUT2D eigenvalue weighted by Gasteiger charge is -2.25. The Labute approximate surface area is 174 Å². The molecular formula is C22H23O5PS. The van der Waals surface area contributed by atoms with Gasteiger partial charge >= 0.3 is 7.82 Å². The smallest absolute Gasteiger partial charge is 0.496 e. The van der Waals surface area contributed by atoms with Gasteiger partial charge in [-0.05, 0) is 67.4 Å². The highest BCUT2D eigenvalue weighted by Crippen LogP contribution is 2.57. The monoisotopic (exact) mass is 430 g/mol. The quantitative estimate of drug-likeness (QED) is 0.589. The molecule has 0 amide bonds. The van der Waals surface area contributed by atoms with Gasteiger partial charge in [-0.25, -0.2) is 4.57 Å². The first-order valence-corrected chi connectivity index (χ1v) is 12.2.